The Labute approximate surface area is 138 Å². The number of nitro benzene ring substituents is 1. The van der Waals surface area contributed by atoms with E-state index in [0.717, 1.165) is 17.1 Å². The molecule has 6 nitrogen and oxygen atoms in total. The van der Waals surface area contributed by atoms with E-state index >= 15 is 0 Å². The zero-order chi connectivity index (χ0) is 16.4. The molecule has 0 saturated heterocycles. The summed E-state index contributed by atoms with van der Waals surface area (Å²) in [4.78, 5) is 25.4. The molecule has 0 radical (unpaired) electrons. The van der Waals surface area contributed by atoms with Gasteiger partial charge in [0.05, 0.1) is 16.7 Å². The van der Waals surface area contributed by atoms with Crippen molar-refractivity contribution < 1.29 is 9.72 Å². The molecule has 2 heterocycles. The highest BCUT2D eigenvalue weighted by atomic mass is 32.2. The number of thioether (sulfide) groups is 1. The van der Waals surface area contributed by atoms with Crippen LogP contribution in [0.1, 0.15) is 18.7 Å². The molecule has 1 aromatic carbocycles. The SMILES string of the molecule is C[C@@H]1c2cccn2CCN1C(=O)CSc1ccc([N+](=O)[O-])cc1. The van der Waals surface area contributed by atoms with Gasteiger partial charge >= 0.3 is 0 Å². The zero-order valence-electron chi connectivity index (χ0n) is 12.7. The van der Waals surface area contributed by atoms with Crippen LogP contribution in [0.25, 0.3) is 0 Å². The van der Waals surface area contributed by atoms with Crippen LogP contribution in [0.4, 0.5) is 5.69 Å². The number of amides is 1. The molecule has 3 rings (SSSR count). The predicted octanol–water partition coefficient (Wildman–Crippen LogP) is 3.09. The van der Waals surface area contributed by atoms with Crippen LogP contribution in [0.3, 0.4) is 0 Å². The summed E-state index contributed by atoms with van der Waals surface area (Å²) in [6.07, 6.45) is 2.04. The number of nitro groups is 1. The number of carbonyl (C=O) groups excluding carboxylic acids is 1. The molecule has 0 aliphatic carbocycles. The molecule has 7 heteroatoms. The van der Waals surface area contributed by atoms with E-state index in [2.05, 4.69) is 4.57 Å². The number of nitrogens with zero attached hydrogens (tertiary/aromatic N) is 3. The van der Waals surface area contributed by atoms with Gasteiger partial charge in [-0.2, -0.15) is 0 Å². The van der Waals surface area contributed by atoms with E-state index in [0.29, 0.717) is 12.3 Å². The van der Waals surface area contributed by atoms with Crippen molar-refractivity contribution in [3.8, 4) is 0 Å². The molecule has 1 aliphatic heterocycles. The second kappa shape index (κ2) is 6.45. The van der Waals surface area contributed by atoms with Crippen LogP contribution >= 0.6 is 11.8 Å². The average molecular weight is 331 g/mol. The molecule has 0 fully saturated rings. The lowest BCUT2D eigenvalue weighted by atomic mass is 10.1. The lowest BCUT2D eigenvalue weighted by molar-refractivity contribution is -0.384. The molecular weight excluding hydrogens is 314 g/mol. The van der Waals surface area contributed by atoms with Gasteiger partial charge in [-0.15, -0.1) is 11.8 Å². The molecule has 0 saturated carbocycles. The van der Waals surface area contributed by atoms with E-state index in [1.807, 2.05) is 30.2 Å². The molecule has 1 amide bonds. The van der Waals surface area contributed by atoms with Crippen molar-refractivity contribution >= 4 is 23.4 Å². The Morgan fingerprint density at radius 2 is 2.04 bits per heavy atom. The fourth-order valence-corrected chi connectivity index (χ4v) is 3.60. The van der Waals surface area contributed by atoms with Gasteiger partial charge in [0.1, 0.15) is 0 Å². The third-order valence-electron chi connectivity index (χ3n) is 4.07. The maximum Gasteiger partial charge on any atom is 0.269 e. The molecule has 120 valence electrons. The molecular formula is C16H17N3O3S. The van der Waals surface area contributed by atoms with E-state index < -0.39 is 4.92 Å². The minimum absolute atomic E-state index is 0.0612. The lowest BCUT2D eigenvalue weighted by Gasteiger charge is -2.35. The maximum atomic E-state index is 12.5. The Balaban J connectivity index is 1.60. The minimum atomic E-state index is -0.426. The number of hydrogen-bond donors (Lipinski definition) is 0. The van der Waals surface area contributed by atoms with Crippen LogP contribution in [-0.4, -0.2) is 32.6 Å². The number of rotatable bonds is 4. The summed E-state index contributed by atoms with van der Waals surface area (Å²) in [5, 5.41) is 10.6. The monoisotopic (exact) mass is 331 g/mol. The fraction of sp³-hybridized carbons (Fsp3) is 0.312. The fourth-order valence-electron chi connectivity index (χ4n) is 2.81. The Bertz CT molecular complexity index is 726. The van der Waals surface area contributed by atoms with Gasteiger partial charge < -0.3 is 9.47 Å². The third-order valence-corrected chi connectivity index (χ3v) is 5.07. The first-order valence-electron chi connectivity index (χ1n) is 7.38. The zero-order valence-corrected chi connectivity index (χ0v) is 13.5. The van der Waals surface area contributed by atoms with Crippen molar-refractivity contribution in [2.24, 2.45) is 0 Å². The summed E-state index contributed by atoms with van der Waals surface area (Å²) in [7, 11) is 0. The number of non-ortho nitro benzene ring substituents is 1. The van der Waals surface area contributed by atoms with Gasteiger partial charge in [-0.05, 0) is 31.2 Å². The summed E-state index contributed by atoms with van der Waals surface area (Å²) in [6.45, 7) is 3.57. The smallest absolute Gasteiger partial charge is 0.269 e. The van der Waals surface area contributed by atoms with Crippen molar-refractivity contribution in [3.63, 3.8) is 0 Å². The average Bonchev–Trinajstić information content (AvgIpc) is 3.03. The largest absolute Gasteiger partial charge is 0.348 e. The Kier molecular flexibility index (Phi) is 4.38. The second-order valence-corrected chi connectivity index (χ2v) is 6.48. The van der Waals surface area contributed by atoms with Gasteiger partial charge in [-0.1, -0.05) is 0 Å². The summed E-state index contributed by atoms with van der Waals surface area (Å²) in [5.41, 5.74) is 1.22. The van der Waals surface area contributed by atoms with Crippen LogP contribution in [0, 0.1) is 10.1 Å². The van der Waals surface area contributed by atoms with Crippen molar-refractivity contribution in [2.45, 2.75) is 24.4 Å². The van der Waals surface area contributed by atoms with Gasteiger partial charge in [-0.25, -0.2) is 0 Å². The molecule has 2 aromatic rings. The van der Waals surface area contributed by atoms with Gasteiger partial charge in [0.25, 0.3) is 5.69 Å². The van der Waals surface area contributed by atoms with Crippen molar-refractivity contribution in [1.29, 1.82) is 0 Å². The molecule has 0 bridgehead atoms. The molecule has 1 aromatic heterocycles. The van der Waals surface area contributed by atoms with Gasteiger partial charge in [0.2, 0.25) is 5.91 Å². The summed E-state index contributed by atoms with van der Waals surface area (Å²) in [5.74, 6) is 0.427. The molecule has 0 spiro atoms. The molecule has 0 unspecified atom stereocenters. The van der Waals surface area contributed by atoms with Gasteiger partial charge in [-0.3, -0.25) is 14.9 Å². The minimum Gasteiger partial charge on any atom is -0.348 e. The Morgan fingerprint density at radius 3 is 2.74 bits per heavy atom. The molecule has 23 heavy (non-hydrogen) atoms. The number of aromatic nitrogens is 1. The topological polar surface area (TPSA) is 68.4 Å². The standard InChI is InChI=1S/C16H17N3O3S/c1-12-15-3-2-8-17(15)9-10-18(12)16(20)11-23-14-6-4-13(5-7-14)19(21)22/h2-8,12H,9-11H2,1H3/t12-/m1/s1. The van der Waals surface area contributed by atoms with E-state index in [1.54, 1.807) is 12.1 Å². The summed E-state index contributed by atoms with van der Waals surface area (Å²) >= 11 is 1.41. The highest BCUT2D eigenvalue weighted by Gasteiger charge is 2.27. The predicted molar refractivity (Wildman–Crippen MR) is 88.4 cm³/mol. The Hall–Kier alpha value is -2.28. The molecule has 0 N–H and O–H groups in total. The first-order chi connectivity index (χ1) is 11.1. The number of fused-ring (bicyclic) bond motifs is 1. The molecule has 1 atom stereocenters. The highest BCUT2D eigenvalue weighted by molar-refractivity contribution is 8.00. The first-order valence-corrected chi connectivity index (χ1v) is 8.36. The number of benzene rings is 1. The van der Waals surface area contributed by atoms with Crippen LogP contribution in [0.15, 0.2) is 47.5 Å². The van der Waals surface area contributed by atoms with E-state index in [-0.39, 0.29) is 17.6 Å². The number of carbonyl (C=O) groups is 1. The molecule has 1 aliphatic rings. The third kappa shape index (κ3) is 3.24. The summed E-state index contributed by atoms with van der Waals surface area (Å²) < 4.78 is 2.18. The van der Waals surface area contributed by atoms with E-state index in [4.69, 9.17) is 0 Å². The second-order valence-electron chi connectivity index (χ2n) is 5.43. The van der Waals surface area contributed by atoms with Crippen molar-refractivity contribution in [3.05, 3.63) is 58.4 Å². The highest BCUT2D eigenvalue weighted by Crippen LogP contribution is 2.27. The van der Waals surface area contributed by atoms with Crippen LogP contribution in [0.5, 0.6) is 0 Å². The number of hydrogen-bond acceptors (Lipinski definition) is 4. The first kappa shape index (κ1) is 15.6. The van der Waals surface area contributed by atoms with Crippen molar-refractivity contribution in [1.82, 2.24) is 9.47 Å². The normalized spacial score (nSPS) is 16.9. The van der Waals surface area contributed by atoms with E-state index in [9.17, 15) is 14.9 Å². The van der Waals surface area contributed by atoms with Crippen molar-refractivity contribution in [2.75, 3.05) is 12.3 Å². The van der Waals surface area contributed by atoms with Gasteiger partial charge in [0, 0.05) is 42.0 Å². The van der Waals surface area contributed by atoms with Crippen LogP contribution in [0.2, 0.25) is 0 Å². The summed E-state index contributed by atoms with van der Waals surface area (Å²) in [6, 6.07) is 10.4. The lowest BCUT2D eigenvalue weighted by Crippen LogP contribution is -2.41. The maximum absolute atomic E-state index is 12.5. The Morgan fingerprint density at radius 1 is 1.30 bits per heavy atom. The quantitative estimate of drug-likeness (QED) is 0.490. The van der Waals surface area contributed by atoms with Crippen LogP contribution in [-0.2, 0) is 11.3 Å². The van der Waals surface area contributed by atoms with E-state index in [1.165, 1.54) is 23.9 Å². The van der Waals surface area contributed by atoms with Crippen LogP contribution < -0.4 is 0 Å². The van der Waals surface area contributed by atoms with Gasteiger partial charge in [0.15, 0.2) is 0 Å².